The van der Waals surface area contributed by atoms with Crippen molar-refractivity contribution >= 4 is 21.7 Å². The average Bonchev–Trinajstić information content (AvgIpc) is 2.14. The molecule has 0 radical (unpaired) electrons. The topological polar surface area (TPSA) is 43.1 Å². The van der Waals surface area contributed by atoms with Crippen molar-refractivity contribution < 1.29 is 9.32 Å². The summed E-state index contributed by atoms with van der Waals surface area (Å²) >= 11 is 3.10. The van der Waals surface area contributed by atoms with Crippen molar-refractivity contribution in [3.05, 3.63) is 15.9 Å². The van der Waals surface area contributed by atoms with Gasteiger partial charge in [-0.1, -0.05) is 5.16 Å². The first-order valence-electron chi connectivity index (χ1n) is 2.75. The summed E-state index contributed by atoms with van der Waals surface area (Å²) in [5.74, 6) is -0.0769. The van der Waals surface area contributed by atoms with Crippen LogP contribution in [0.25, 0.3) is 0 Å². The van der Waals surface area contributed by atoms with Gasteiger partial charge in [0.05, 0.1) is 0 Å². The van der Waals surface area contributed by atoms with E-state index in [-0.39, 0.29) is 5.78 Å². The van der Waals surface area contributed by atoms with Crippen LogP contribution in [-0.4, -0.2) is 10.9 Å². The SMILES string of the molecule is CC(=O)c1noc(Br)c1C. The molecule has 0 fully saturated rings. The summed E-state index contributed by atoms with van der Waals surface area (Å²) < 4.78 is 5.23. The fraction of sp³-hybridized carbons (Fsp3) is 0.333. The highest BCUT2D eigenvalue weighted by molar-refractivity contribution is 9.10. The lowest BCUT2D eigenvalue weighted by molar-refractivity contribution is 0.100. The fourth-order valence-corrected chi connectivity index (χ4v) is 0.904. The third-order valence-corrected chi connectivity index (χ3v) is 1.94. The van der Waals surface area contributed by atoms with E-state index in [0.717, 1.165) is 5.56 Å². The minimum atomic E-state index is -0.0769. The van der Waals surface area contributed by atoms with Crippen molar-refractivity contribution in [2.45, 2.75) is 13.8 Å². The number of hydrogen-bond donors (Lipinski definition) is 0. The molecule has 0 aliphatic carbocycles. The second kappa shape index (κ2) is 2.54. The molecule has 1 aromatic heterocycles. The quantitative estimate of drug-likeness (QED) is 0.656. The lowest BCUT2D eigenvalue weighted by Gasteiger charge is -1.84. The molecule has 0 aliphatic rings. The average molecular weight is 204 g/mol. The second-order valence-corrected chi connectivity index (χ2v) is 2.71. The lowest BCUT2D eigenvalue weighted by Crippen LogP contribution is -1.93. The van der Waals surface area contributed by atoms with Crippen molar-refractivity contribution in [1.82, 2.24) is 5.16 Å². The van der Waals surface area contributed by atoms with Crippen LogP contribution in [0.2, 0.25) is 0 Å². The minimum Gasteiger partial charge on any atom is -0.348 e. The predicted molar refractivity (Wildman–Crippen MR) is 38.9 cm³/mol. The molecule has 0 saturated heterocycles. The smallest absolute Gasteiger partial charge is 0.205 e. The predicted octanol–water partition coefficient (Wildman–Crippen LogP) is 1.95. The van der Waals surface area contributed by atoms with E-state index in [1.165, 1.54) is 6.92 Å². The Balaban J connectivity index is 3.17. The largest absolute Gasteiger partial charge is 0.348 e. The van der Waals surface area contributed by atoms with Gasteiger partial charge in [-0.15, -0.1) is 0 Å². The molecular formula is C6H6BrNO2. The van der Waals surface area contributed by atoms with Crippen LogP contribution in [0.1, 0.15) is 23.0 Å². The maximum Gasteiger partial charge on any atom is 0.205 e. The van der Waals surface area contributed by atoms with E-state index in [4.69, 9.17) is 4.52 Å². The van der Waals surface area contributed by atoms with E-state index in [1.807, 2.05) is 0 Å². The van der Waals surface area contributed by atoms with E-state index in [9.17, 15) is 4.79 Å². The van der Waals surface area contributed by atoms with Gasteiger partial charge < -0.3 is 4.52 Å². The van der Waals surface area contributed by atoms with Gasteiger partial charge >= 0.3 is 0 Å². The van der Waals surface area contributed by atoms with Crippen LogP contribution in [0, 0.1) is 6.92 Å². The van der Waals surface area contributed by atoms with Gasteiger partial charge in [-0.05, 0) is 22.9 Å². The summed E-state index contributed by atoms with van der Waals surface area (Å²) in [4.78, 5) is 10.7. The Labute approximate surface area is 66.5 Å². The molecule has 1 aromatic rings. The van der Waals surface area contributed by atoms with Crippen molar-refractivity contribution in [2.75, 3.05) is 0 Å². The molecule has 0 atom stereocenters. The van der Waals surface area contributed by atoms with Crippen molar-refractivity contribution in [1.29, 1.82) is 0 Å². The number of ketones is 1. The van der Waals surface area contributed by atoms with E-state index < -0.39 is 0 Å². The number of halogens is 1. The van der Waals surface area contributed by atoms with Crippen molar-refractivity contribution in [3.8, 4) is 0 Å². The molecule has 4 heteroatoms. The molecule has 0 saturated carbocycles. The second-order valence-electron chi connectivity index (χ2n) is 1.99. The van der Waals surface area contributed by atoms with E-state index in [0.29, 0.717) is 10.4 Å². The molecular weight excluding hydrogens is 198 g/mol. The number of carbonyl (C=O) groups excluding carboxylic acids is 1. The van der Waals surface area contributed by atoms with Crippen molar-refractivity contribution in [3.63, 3.8) is 0 Å². The minimum absolute atomic E-state index is 0.0769. The standard InChI is InChI=1S/C6H6BrNO2/c1-3-5(4(2)9)8-10-6(3)7/h1-2H3. The van der Waals surface area contributed by atoms with Gasteiger partial charge in [-0.2, -0.15) is 0 Å². The van der Waals surface area contributed by atoms with Crippen LogP contribution in [0.3, 0.4) is 0 Å². The molecule has 0 unspecified atom stereocenters. The number of aromatic nitrogens is 1. The maximum atomic E-state index is 10.7. The molecule has 0 bridgehead atoms. The summed E-state index contributed by atoms with van der Waals surface area (Å²) in [5.41, 5.74) is 1.15. The number of rotatable bonds is 1. The van der Waals surface area contributed by atoms with Gasteiger partial charge in [0.25, 0.3) is 0 Å². The van der Waals surface area contributed by atoms with Crippen LogP contribution in [0.5, 0.6) is 0 Å². The highest BCUT2D eigenvalue weighted by Crippen LogP contribution is 2.18. The Morgan fingerprint density at radius 2 is 2.30 bits per heavy atom. The Bertz CT molecular complexity index is 267. The Kier molecular flexibility index (Phi) is 1.89. The van der Waals surface area contributed by atoms with Gasteiger partial charge in [0.15, 0.2) is 11.5 Å². The summed E-state index contributed by atoms with van der Waals surface area (Å²) in [7, 11) is 0. The number of hydrogen-bond acceptors (Lipinski definition) is 3. The highest BCUT2D eigenvalue weighted by Gasteiger charge is 2.12. The number of nitrogens with zero attached hydrogens (tertiary/aromatic N) is 1. The monoisotopic (exact) mass is 203 g/mol. The van der Waals surface area contributed by atoms with Gasteiger partial charge in [0.1, 0.15) is 0 Å². The lowest BCUT2D eigenvalue weighted by atomic mass is 10.2. The molecule has 0 aliphatic heterocycles. The molecule has 3 nitrogen and oxygen atoms in total. The zero-order chi connectivity index (χ0) is 7.72. The van der Waals surface area contributed by atoms with Gasteiger partial charge in [-0.3, -0.25) is 4.79 Å². The van der Waals surface area contributed by atoms with Gasteiger partial charge in [0, 0.05) is 12.5 Å². The third-order valence-electron chi connectivity index (χ3n) is 1.20. The number of carbonyl (C=O) groups is 1. The first-order valence-corrected chi connectivity index (χ1v) is 3.55. The molecule has 0 spiro atoms. The van der Waals surface area contributed by atoms with Crippen LogP contribution in [0.15, 0.2) is 9.19 Å². The highest BCUT2D eigenvalue weighted by atomic mass is 79.9. The number of Topliss-reactive ketones (excluding diaryl/α,β-unsaturated/α-hetero) is 1. The van der Waals surface area contributed by atoms with Crippen LogP contribution in [-0.2, 0) is 0 Å². The van der Waals surface area contributed by atoms with E-state index in [2.05, 4.69) is 21.1 Å². The maximum absolute atomic E-state index is 10.7. The van der Waals surface area contributed by atoms with Crippen molar-refractivity contribution in [2.24, 2.45) is 0 Å². The molecule has 0 aromatic carbocycles. The van der Waals surface area contributed by atoms with Gasteiger partial charge in [0.2, 0.25) is 4.67 Å². The molecule has 1 heterocycles. The normalized spacial score (nSPS) is 9.90. The molecule has 10 heavy (non-hydrogen) atoms. The first kappa shape index (κ1) is 7.47. The Hall–Kier alpha value is -0.640. The summed E-state index contributed by atoms with van der Waals surface area (Å²) in [6.07, 6.45) is 0. The Morgan fingerprint density at radius 1 is 1.70 bits per heavy atom. The van der Waals surface area contributed by atoms with Gasteiger partial charge in [-0.25, -0.2) is 0 Å². The fourth-order valence-electron chi connectivity index (χ4n) is 0.644. The van der Waals surface area contributed by atoms with Crippen LogP contribution < -0.4 is 0 Å². The van der Waals surface area contributed by atoms with E-state index in [1.54, 1.807) is 6.92 Å². The molecule has 0 amide bonds. The first-order chi connectivity index (χ1) is 4.63. The van der Waals surface area contributed by atoms with Crippen LogP contribution >= 0.6 is 15.9 Å². The molecule has 54 valence electrons. The molecule has 0 N–H and O–H groups in total. The van der Waals surface area contributed by atoms with E-state index >= 15 is 0 Å². The summed E-state index contributed by atoms with van der Waals surface area (Å²) in [5, 5.41) is 3.54. The molecule has 1 rings (SSSR count). The zero-order valence-corrected chi connectivity index (χ0v) is 7.23. The summed E-state index contributed by atoms with van der Waals surface area (Å²) in [6.45, 7) is 3.23. The Morgan fingerprint density at radius 3 is 2.50 bits per heavy atom. The third kappa shape index (κ3) is 1.11. The zero-order valence-electron chi connectivity index (χ0n) is 5.64. The van der Waals surface area contributed by atoms with Crippen LogP contribution in [0.4, 0.5) is 0 Å². The summed E-state index contributed by atoms with van der Waals surface area (Å²) in [6, 6.07) is 0.